The highest BCUT2D eigenvalue weighted by Crippen LogP contribution is 2.29. The quantitative estimate of drug-likeness (QED) is 0.618. The van der Waals surface area contributed by atoms with E-state index in [0.717, 1.165) is 25.9 Å². The van der Waals surface area contributed by atoms with Crippen molar-refractivity contribution >= 4 is 18.5 Å². The van der Waals surface area contributed by atoms with E-state index in [2.05, 4.69) is 26.5 Å². The van der Waals surface area contributed by atoms with E-state index in [1.807, 2.05) is 4.90 Å². The van der Waals surface area contributed by atoms with Gasteiger partial charge in [-0.25, -0.2) is 0 Å². The molecule has 12 heavy (non-hydrogen) atoms. The standard InChI is InChI=1S/C9H17NOS/c1-9(2)3-5-10(6-4-9)8(11)7-12/h12H,3-7H2,1-2H3. The molecule has 0 aromatic carbocycles. The van der Waals surface area contributed by atoms with Gasteiger partial charge in [0.2, 0.25) is 5.91 Å². The van der Waals surface area contributed by atoms with Gasteiger partial charge in [-0.15, -0.1) is 0 Å². The Balaban J connectivity index is 2.41. The molecule has 0 radical (unpaired) electrons. The lowest BCUT2D eigenvalue weighted by Crippen LogP contribution is -2.41. The summed E-state index contributed by atoms with van der Waals surface area (Å²) in [6, 6.07) is 0. The van der Waals surface area contributed by atoms with Crippen molar-refractivity contribution in [3.05, 3.63) is 0 Å². The molecule has 0 unspecified atom stereocenters. The van der Waals surface area contributed by atoms with Crippen LogP contribution in [0.2, 0.25) is 0 Å². The summed E-state index contributed by atoms with van der Waals surface area (Å²) in [5, 5.41) is 0. The Hall–Kier alpha value is -0.180. The number of likely N-dealkylation sites (tertiary alicyclic amines) is 1. The molecule has 1 heterocycles. The normalized spacial score (nSPS) is 22.4. The first kappa shape index (κ1) is 9.90. The van der Waals surface area contributed by atoms with Crippen LogP contribution in [0.1, 0.15) is 26.7 Å². The Morgan fingerprint density at radius 3 is 2.33 bits per heavy atom. The lowest BCUT2D eigenvalue weighted by molar-refractivity contribution is -0.130. The van der Waals surface area contributed by atoms with Gasteiger partial charge in [0.25, 0.3) is 0 Å². The number of thiol groups is 1. The Morgan fingerprint density at radius 1 is 1.42 bits per heavy atom. The van der Waals surface area contributed by atoms with Crippen molar-refractivity contribution < 1.29 is 4.79 Å². The fourth-order valence-corrected chi connectivity index (χ4v) is 1.66. The largest absolute Gasteiger partial charge is 0.342 e. The van der Waals surface area contributed by atoms with Gasteiger partial charge in [0, 0.05) is 13.1 Å². The van der Waals surface area contributed by atoms with Crippen LogP contribution in [0.5, 0.6) is 0 Å². The van der Waals surface area contributed by atoms with Gasteiger partial charge in [-0.3, -0.25) is 4.79 Å². The summed E-state index contributed by atoms with van der Waals surface area (Å²) >= 11 is 3.98. The summed E-state index contributed by atoms with van der Waals surface area (Å²) in [6.07, 6.45) is 2.24. The molecule has 0 aromatic rings. The number of hydrogen-bond acceptors (Lipinski definition) is 2. The molecule has 1 aliphatic rings. The summed E-state index contributed by atoms with van der Waals surface area (Å²) in [5.41, 5.74) is 0.424. The van der Waals surface area contributed by atoms with E-state index in [1.54, 1.807) is 0 Å². The van der Waals surface area contributed by atoms with Crippen LogP contribution in [-0.4, -0.2) is 29.6 Å². The van der Waals surface area contributed by atoms with Crippen molar-refractivity contribution in [2.75, 3.05) is 18.8 Å². The van der Waals surface area contributed by atoms with Gasteiger partial charge >= 0.3 is 0 Å². The second-order valence-corrected chi connectivity index (χ2v) is 4.52. The third-order valence-electron chi connectivity index (χ3n) is 2.60. The second kappa shape index (κ2) is 3.69. The van der Waals surface area contributed by atoms with Crippen molar-refractivity contribution in [3.8, 4) is 0 Å². The van der Waals surface area contributed by atoms with E-state index in [1.165, 1.54) is 0 Å². The Morgan fingerprint density at radius 2 is 1.92 bits per heavy atom. The fraction of sp³-hybridized carbons (Fsp3) is 0.889. The molecule has 3 heteroatoms. The van der Waals surface area contributed by atoms with Gasteiger partial charge in [-0.1, -0.05) is 13.8 Å². The van der Waals surface area contributed by atoms with Crippen LogP contribution in [0, 0.1) is 5.41 Å². The number of carbonyl (C=O) groups is 1. The van der Waals surface area contributed by atoms with Crippen molar-refractivity contribution in [2.45, 2.75) is 26.7 Å². The predicted octanol–water partition coefficient (Wildman–Crippen LogP) is 1.56. The van der Waals surface area contributed by atoms with Crippen molar-refractivity contribution in [1.29, 1.82) is 0 Å². The molecule has 1 saturated heterocycles. The highest BCUT2D eigenvalue weighted by Gasteiger charge is 2.26. The van der Waals surface area contributed by atoms with E-state index in [4.69, 9.17) is 0 Å². The topological polar surface area (TPSA) is 20.3 Å². The molecule has 70 valence electrons. The predicted molar refractivity (Wildman–Crippen MR) is 53.4 cm³/mol. The highest BCUT2D eigenvalue weighted by molar-refractivity contribution is 7.81. The molecule has 2 nitrogen and oxygen atoms in total. The van der Waals surface area contributed by atoms with Crippen molar-refractivity contribution in [2.24, 2.45) is 5.41 Å². The first-order valence-electron chi connectivity index (χ1n) is 4.44. The molecule has 0 bridgehead atoms. The molecule has 0 N–H and O–H groups in total. The van der Waals surface area contributed by atoms with E-state index < -0.39 is 0 Å². The summed E-state index contributed by atoms with van der Waals surface area (Å²) in [6.45, 7) is 6.34. The minimum atomic E-state index is 0.175. The first-order chi connectivity index (χ1) is 5.55. The lowest BCUT2D eigenvalue weighted by atomic mass is 9.83. The van der Waals surface area contributed by atoms with Crippen LogP contribution in [0.4, 0.5) is 0 Å². The molecule has 0 aliphatic carbocycles. The average molecular weight is 187 g/mol. The summed E-state index contributed by atoms with van der Waals surface area (Å²) in [7, 11) is 0. The third kappa shape index (κ3) is 2.41. The van der Waals surface area contributed by atoms with Crippen LogP contribution in [0.15, 0.2) is 0 Å². The maximum atomic E-state index is 11.2. The van der Waals surface area contributed by atoms with Gasteiger partial charge in [0.05, 0.1) is 5.75 Å². The molecule has 1 aliphatic heterocycles. The van der Waals surface area contributed by atoms with Gasteiger partial charge < -0.3 is 4.90 Å². The number of rotatable bonds is 1. The maximum Gasteiger partial charge on any atom is 0.232 e. The molecule has 1 rings (SSSR count). The Bertz CT molecular complexity index is 169. The lowest BCUT2D eigenvalue weighted by Gasteiger charge is -2.36. The van der Waals surface area contributed by atoms with Crippen LogP contribution < -0.4 is 0 Å². The monoisotopic (exact) mass is 187 g/mol. The zero-order valence-electron chi connectivity index (χ0n) is 7.84. The molecule has 0 atom stereocenters. The van der Waals surface area contributed by atoms with Gasteiger partial charge in [-0.2, -0.15) is 12.6 Å². The Labute approximate surface area is 79.7 Å². The number of piperidine rings is 1. The van der Waals surface area contributed by atoms with Crippen LogP contribution in [0.25, 0.3) is 0 Å². The van der Waals surface area contributed by atoms with Crippen LogP contribution in [0.3, 0.4) is 0 Å². The SMILES string of the molecule is CC1(C)CCN(C(=O)CS)CC1. The van der Waals surface area contributed by atoms with Crippen LogP contribution >= 0.6 is 12.6 Å². The zero-order valence-corrected chi connectivity index (χ0v) is 8.73. The molecule has 0 spiro atoms. The number of amides is 1. The second-order valence-electron chi connectivity index (χ2n) is 4.20. The van der Waals surface area contributed by atoms with E-state index in [-0.39, 0.29) is 5.91 Å². The molecule has 1 amide bonds. The summed E-state index contributed by atoms with van der Waals surface area (Å²) < 4.78 is 0. The van der Waals surface area contributed by atoms with Crippen molar-refractivity contribution in [3.63, 3.8) is 0 Å². The smallest absolute Gasteiger partial charge is 0.232 e. The zero-order chi connectivity index (χ0) is 9.19. The van der Waals surface area contributed by atoms with E-state index in [0.29, 0.717) is 11.2 Å². The average Bonchev–Trinajstić information content (AvgIpc) is 2.03. The fourth-order valence-electron chi connectivity index (χ4n) is 1.46. The molecular weight excluding hydrogens is 170 g/mol. The maximum absolute atomic E-state index is 11.2. The number of hydrogen-bond donors (Lipinski definition) is 1. The van der Waals surface area contributed by atoms with Crippen molar-refractivity contribution in [1.82, 2.24) is 4.90 Å². The molecule has 1 fully saturated rings. The minimum Gasteiger partial charge on any atom is -0.342 e. The molecular formula is C9H17NOS. The minimum absolute atomic E-state index is 0.175. The van der Waals surface area contributed by atoms with Gasteiger partial charge in [0.1, 0.15) is 0 Å². The highest BCUT2D eigenvalue weighted by atomic mass is 32.1. The molecule has 0 saturated carbocycles. The molecule has 0 aromatic heterocycles. The van der Waals surface area contributed by atoms with E-state index >= 15 is 0 Å². The van der Waals surface area contributed by atoms with E-state index in [9.17, 15) is 4.79 Å². The Kier molecular flexibility index (Phi) is 3.04. The summed E-state index contributed by atoms with van der Waals surface area (Å²) in [4.78, 5) is 13.1. The summed E-state index contributed by atoms with van der Waals surface area (Å²) in [5.74, 6) is 0.522. The van der Waals surface area contributed by atoms with Gasteiger partial charge in [0.15, 0.2) is 0 Å². The van der Waals surface area contributed by atoms with Crippen LogP contribution in [-0.2, 0) is 4.79 Å². The number of carbonyl (C=O) groups excluding carboxylic acids is 1. The third-order valence-corrected chi connectivity index (χ3v) is 2.88. The van der Waals surface area contributed by atoms with Gasteiger partial charge in [-0.05, 0) is 18.3 Å². The first-order valence-corrected chi connectivity index (χ1v) is 5.07. The number of nitrogens with zero attached hydrogens (tertiary/aromatic N) is 1.